The first-order valence-corrected chi connectivity index (χ1v) is 5.01. The zero-order valence-electron chi connectivity index (χ0n) is 8.64. The Morgan fingerprint density at radius 1 is 1.33 bits per heavy atom. The Morgan fingerprint density at radius 3 is 2.60 bits per heavy atom. The van der Waals surface area contributed by atoms with Gasteiger partial charge < -0.3 is 5.73 Å². The largest absolute Gasteiger partial charge is 0.318 e. The van der Waals surface area contributed by atoms with Crippen LogP contribution >= 0.6 is 0 Å². The number of H-pyrrole nitrogens is 1. The number of aromatic amines is 1. The molecule has 0 fully saturated rings. The third-order valence-corrected chi connectivity index (χ3v) is 2.48. The predicted molar refractivity (Wildman–Crippen MR) is 58.2 cm³/mol. The highest BCUT2D eigenvalue weighted by Crippen LogP contribution is 2.16. The van der Waals surface area contributed by atoms with E-state index in [1.54, 1.807) is 0 Å². The van der Waals surface area contributed by atoms with Gasteiger partial charge in [-0.15, -0.1) is 0 Å². The zero-order chi connectivity index (χ0) is 10.7. The van der Waals surface area contributed by atoms with Gasteiger partial charge in [0.1, 0.15) is 12.2 Å². The summed E-state index contributed by atoms with van der Waals surface area (Å²) in [6.07, 6.45) is 2.51. The minimum absolute atomic E-state index is 0.224. The van der Waals surface area contributed by atoms with E-state index in [-0.39, 0.29) is 6.04 Å². The molecule has 1 unspecified atom stereocenters. The third kappa shape index (κ3) is 2.05. The van der Waals surface area contributed by atoms with E-state index in [4.69, 9.17) is 5.73 Å². The van der Waals surface area contributed by atoms with E-state index >= 15 is 0 Å². The maximum atomic E-state index is 6.02. The summed E-state index contributed by atoms with van der Waals surface area (Å²) in [4.78, 5) is 4.04. The Labute approximate surface area is 88.5 Å². The summed E-state index contributed by atoms with van der Waals surface area (Å²) in [6.45, 7) is 2.13. The van der Waals surface area contributed by atoms with E-state index in [1.165, 1.54) is 11.9 Å². The van der Waals surface area contributed by atoms with Gasteiger partial charge in [-0.3, -0.25) is 5.10 Å². The normalized spacial score (nSPS) is 12.7. The van der Waals surface area contributed by atoms with E-state index in [2.05, 4.69) is 34.2 Å². The van der Waals surface area contributed by atoms with Gasteiger partial charge in [-0.25, -0.2) is 4.98 Å². The van der Waals surface area contributed by atoms with Crippen LogP contribution in [-0.2, 0) is 6.42 Å². The van der Waals surface area contributed by atoms with E-state index in [0.29, 0.717) is 5.82 Å². The average Bonchev–Trinajstić information content (AvgIpc) is 2.82. The molecular formula is C11H14N4. The summed E-state index contributed by atoms with van der Waals surface area (Å²) in [6, 6.07) is 8.02. The van der Waals surface area contributed by atoms with Gasteiger partial charge >= 0.3 is 0 Å². The molecule has 0 spiro atoms. The maximum absolute atomic E-state index is 6.02. The molecule has 0 saturated heterocycles. The molecule has 0 radical (unpaired) electrons. The number of nitrogens with one attached hydrogen (secondary N) is 1. The van der Waals surface area contributed by atoms with Crippen LogP contribution in [0.3, 0.4) is 0 Å². The van der Waals surface area contributed by atoms with Gasteiger partial charge in [-0.05, 0) is 17.5 Å². The average molecular weight is 202 g/mol. The van der Waals surface area contributed by atoms with Crippen LogP contribution in [0, 0.1) is 0 Å². The molecule has 1 heterocycles. The van der Waals surface area contributed by atoms with Crippen molar-refractivity contribution in [3.05, 3.63) is 47.5 Å². The highest BCUT2D eigenvalue weighted by Gasteiger charge is 2.10. The van der Waals surface area contributed by atoms with Crippen LogP contribution in [0.4, 0.5) is 0 Å². The van der Waals surface area contributed by atoms with E-state index < -0.39 is 0 Å². The van der Waals surface area contributed by atoms with Crippen molar-refractivity contribution in [1.82, 2.24) is 15.2 Å². The van der Waals surface area contributed by atoms with Crippen molar-refractivity contribution in [2.24, 2.45) is 5.73 Å². The molecule has 2 aromatic rings. The SMILES string of the molecule is CCc1ccc(C(N)c2ncn[nH]2)cc1. The molecule has 1 atom stereocenters. The molecule has 0 bridgehead atoms. The molecule has 4 nitrogen and oxygen atoms in total. The summed E-state index contributed by atoms with van der Waals surface area (Å²) >= 11 is 0. The monoisotopic (exact) mass is 202 g/mol. The Kier molecular flexibility index (Phi) is 2.78. The lowest BCUT2D eigenvalue weighted by molar-refractivity contribution is 0.786. The van der Waals surface area contributed by atoms with Gasteiger partial charge in [0.2, 0.25) is 0 Å². The Bertz CT molecular complexity index is 405. The quantitative estimate of drug-likeness (QED) is 0.790. The maximum Gasteiger partial charge on any atom is 0.145 e. The first kappa shape index (κ1) is 9.86. The molecule has 2 rings (SSSR count). The summed E-state index contributed by atoms with van der Waals surface area (Å²) < 4.78 is 0. The Morgan fingerprint density at radius 2 is 2.07 bits per heavy atom. The highest BCUT2D eigenvalue weighted by molar-refractivity contribution is 5.27. The number of aromatic nitrogens is 3. The molecule has 0 saturated carbocycles. The van der Waals surface area contributed by atoms with Crippen molar-refractivity contribution in [2.75, 3.05) is 0 Å². The Balaban J connectivity index is 2.22. The van der Waals surface area contributed by atoms with Crippen molar-refractivity contribution < 1.29 is 0 Å². The van der Waals surface area contributed by atoms with Crippen LogP contribution in [0.25, 0.3) is 0 Å². The second kappa shape index (κ2) is 4.23. The summed E-state index contributed by atoms with van der Waals surface area (Å²) in [5, 5.41) is 6.56. The lowest BCUT2D eigenvalue weighted by atomic mass is 10.0. The summed E-state index contributed by atoms with van der Waals surface area (Å²) in [5.41, 5.74) is 8.37. The second-order valence-corrected chi connectivity index (χ2v) is 3.44. The fraction of sp³-hybridized carbons (Fsp3) is 0.273. The number of aryl methyl sites for hydroxylation is 1. The molecule has 1 aromatic heterocycles. The summed E-state index contributed by atoms with van der Waals surface area (Å²) in [7, 11) is 0. The number of rotatable bonds is 3. The van der Waals surface area contributed by atoms with Gasteiger partial charge in [0.15, 0.2) is 0 Å². The summed E-state index contributed by atoms with van der Waals surface area (Å²) in [5.74, 6) is 0.694. The highest BCUT2D eigenvalue weighted by atomic mass is 15.2. The second-order valence-electron chi connectivity index (χ2n) is 3.44. The van der Waals surface area contributed by atoms with Crippen molar-refractivity contribution >= 4 is 0 Å². The number of nitrogens with two attached hydrogens (primary N) is 1. The molecule has 3 N–H and O–H groups in total. The third-order valence-electron chi connectivity index (χ3n) is 2.48. The molecule has 15 heavy (non-hydrogen) atoms. The number of hydrogen-bond acceptors (Lipinski definition) is 3. The smallest absolute Gasteiger partial charge is 0.145 e. The molecule has 0 aliphatic rings. The van der Waals surface area contributed by atoms with Crippen LogP contribution in [0.2, 0.25) is 0 Å². The fourth-order valence-corrected chi connectivity index (χ4v) is 1.48. The van der Waals surface area contributed by atoms with Gasteiger partial charge in [-0.2, -0.15) is 5.10 Å². The minimum atomic E-state index is -0.224. The standard InChI is InChI=1S/C11H14N4/c1-2-8-3-5-9(6-4-8)10(12)11-13-7-14-15-11/h3-7,10H,2,12H2,1H3,(H,13,14,15). The van der Waals surface area contributed by atoms with Crippen LogP contribution < -0.4 is 5.73 Å². The van der Waals surface area contributed by atoms with Crippen LogP contribution in [0.1, 0.15) is 29.9 Å². The molecule has 0 amide bonds. The molecule has 78 valence electrons. The van der Waals surface area contributed by atoms with E-state index in [1.807, 2.05) is 12.1 Å². The van der Waals surface area contributed by atoms with E-state index in [0.717, 1.165) is 12.0 Å². The van der Waals surface area contributed by atoms with E-state index in [9.17, 15) is 0 Å². The topological polar surface area (TPSA) is 67.6 Å². The Hall–Kier alpha value is -1.68. The number of benzene rings is 1. The van der Waals surface area contributed by atoms with Crippen LogP contribution in [-0.4, -0.2) is 15.2 Å². The van der Waals surface area contributed by atoms with Gasteiger partial charge in [0.05, 0.1) is 6.04 Å². The molecular weight excluding hydrogens is 188 g/mol. The molecule has 1 aromatic carbocycles. The molecule has 0 aliphatic heterocycles. The first-order valence-electron chi connectivity index (χ1n) is 5.01. The first-order chi connectivity index (χ1) is 7.31. The predicted octanol–water partition coefficient (Wildman–Crippen LogP) is 1.42. The van der Waals surface area contributed by atoms with Gasteiger partial charge in [0.25, 0.3) is 0 Å². The minimum Gasteiger partial charge on any atom is -0.318 e. The lowest BCUT2D eigenvalue weighted by Crippen LogP contribution is -2.13. The van der Waals surface area contributed by atoms with Crippen molar-refractivity contribution in [3.63, 3.8) is 0 Å². The number of nitrogens with zero attached hydrogens (tertiary/aromatic N) is 2. The number of hydrogen-bond donors (Lipinski definition) is 2. The lowest BCUT2D eigenvalue weighted by Gasteiger charge is -2.08. The van der Waals surface area contributed by atoms with Crippen LogP contribution in [0.15, 0.2) is 30.6 Å². The van der Waals surface area contributed by atoms with Gasteiger partial charge in [0, 0.05) is 0 Å². The van der Waals surface area contributed by atoms with Crippen molar-refractivity contribution in [3.8, 4) is 0 Å². The molecule has 0 aliphatic carbocycles. The van der Waals surface area contributed by atoms with Crippen molar-refractivity contribution in [2.45, 2.75) is 19.4 Å². The fourth-order valence-electron chi connectivity index (χ4n) is 1.48. The zero-order valence-corrected chi connectivity index (χ0v) is 8.64. The van der Waals surface area contributed by atoms with Gasteiger partial charge in [-0.1, -0.05) is 31.2 Å². The van der Waals surface area contributed by atoms with Crippen molar-refractivity contribution in [1.29, 1.82) is 0 Å². The van der Waals surface area contributed by atoms with Crippen LogP contribution in [0.5, 0.6) is 0 Å². The molecule has 4 heteroatoms.